The van der Waals surface area contributed by atoms with Crippen molar-refractivity contribution in [3.05, 3.63) is 70.8 Å². The number of rotatable bonds is 4. The van der Waals surface area contributed by atoms with Crippen LogP contribution in [-0.4, -0.2) is 0 Å². The van der Waals surface area contributed by atoms with Gasteiger partial charge in [-0.1, -0.05) is 36.4 Å². The van der Waals surface area contributed by atoms with Gasteiger partial charge in [0, 0.05) is 6.07 Å². The Hall–Kier alpha value is -3.14. The van der Waals surface area contributed by atoms with Crippen LogP contribution in [0.5, 0.6) is 23.0 Å². The molecule has 0 heterocycles. The highest BCUT2D eigenvalue weighted by molar-refractivity contribution is 5.69. The van der Waals surface area contributed by atoms with Crippen LogP contribution in [0.4, 0.5) is 11.4 Å². The van der Waals surface area contributed by atoms with Crippen molar-refractivity contribution < 1.29 is 9.47 Å². The van der Waals surface area contributed by atoms with Crippen molar-refractivity contribution in [1.29, 1.82) is 0 Å². The van der Waals surface area contributed by atoms with E-state index in [1.165, 1.54) is 0 Å². The zero-order chi connectivity index (χ0) is 18.8. The molecule has 3 aromatic carbocycles. The van der Waals surface area contributed by atoms with Crippen LogP contribution in [0, 0.1) is 27.7 Å². The highest BCUT2D eigenvalue weighted by Gasteiger charge is 2.14. The third kappa shape index (κ3) is 3.45. The molecule has 3 aromatic rings. The minimum Gasteiger partial charge on any atom is -0.455 e. The van der Waals surface area contributed by atoms with Gasteiger partial charge in [-0.2, -0.15) is 0 Å². The summed E-state index contributed by atoms with van der Waals surface area (Å²) in [5.74, 6) is 2.64. The van der Waals surface area contributed by atoms with E-state index in [-0.39, 0.29) is 0 Å². The van der Waals surface area contributed by atoms with E-state index in [2.05, 4.69) is 0 Å². The molecule has 0 aliphatic rings. The summed E-state index contributed by atoms with van der Waals surface area (Å²) in [4.78, 5) is 0. The summed E-state index contributed by atoms with van der Waals surface area (Å²) in [6.45, 7) is 8.02. The Morgan fingerprint density at radius 1 is 0.577 bits per heavy atom. The van der Waals surface area contributed by atoms with Crippen molar-refractivity contribution in [2.45, 2.75) is 27.7 Å². The van der Waals surface area contributed by atoms with E-state index in [0.717, 1.165) is 33.8 Å². The van der Waals surface area contributed by atoms with E-state index in [1.54, 1.807) is 12.1 Å². The molecule has 0 aromatic heterocycles. The predicted octanol–water partition coefficient (Wildman–Crippen LogP) is 5.67. The molecule has 4 nitrogen and oxygen atoms in total. The standard InChI is InChI=1S/C22H24N2O2/c1-13-7-5-8-14(2)21(13)25-19-12-20(18(24)11-17(19)23)26-22-15(3)9-6-10-16(22)4/h5-12H,23-24H2,1-4H3. The first kappa shape index (κ1) is 17.7. The molecule has 0 atom stereocenters. The molecule has 0 aliphatic carbocycles. The fraction of sp³-hybridized carbons (Fsp3) is 0.182. The van der Waals surface area contributed by atoms with Gasteiger partial charge in [-0.3, -0.25) is 0 Å². The minimum atomic E-state index is 0.471. The van der Waals surface area contributed by atoms with Gasteiger partial charge in [0.1, 0.15) is 11.5 Å². The second-order valence-corrected chi connectivity index (χ2v) is 6.57. The number of aryl methyl sites for hydroxylation is 4. The zero-order valence-corrected chi connectivity index (χ0v) is 15.6. The second-order valence-electron chi connectivity index (χ2n) is 6.57. The highest BCUT2D eigenvalue weighted by atomic mass is 16.5. The second kappa shape index (κ2) is 7.00. The van der Waals surface area contributed by atoms with Crippen molar-refractivity contribution in [2.24, 2.45) is 0 Å². The molecule has 0 amide bonds. The Bertz CT molecular complexity index is 849. The molecule has 3 rings (SSSR count). The average molecular weight is 348 g/mol. The van der Waals surface area contributed by atoms with Crippen LogP contribution in [0.1, 0.15) is 22.3 Å². The van der Waals surface area contributed by atoms with Gasteiger partial charge in [-0.05, 0) is 56.0 Å². The van der Waals surface area contributed by atoms with E-state index < -0.39 is 0 Å². The topological polar surface area (TPSA) is 70.5 Å². The summed E-state index contributed by atoms with van der Waals surface area (Å²) in [6, 6.07) is 15.4. The molecule has 4 N–H and O–H groups in total. The van der Waals surface area contributed by atoms with Crippen LogP contribution in [0.15, 0.2) is 48.5 Å². The van der Waals surface area contributed by atoms with Crippen LogP contribution >= 0.6 is 0 Å². The molecular weight excluding hydrogens is 324 g/mol. The lowest BCUT2D eigenvalue weighted by atomic mass is 10.1. The molecular formula is C22H24N2O2. The molecule has 0 saturated carbocycles. The predicted molar refractivity (Wildman–Crippen MR) is 107 cm³/mol. The molecule has 26 heavy (non-hydrogen) atoms. The van der Waals surface area contributed by atoms with Crippen LogP contribution in [0.25, 0.3) is 0 Å². The lowest BCUT2D eigenvalue weighted by Gasteiger charge is -2.17. The maximum atomic E-state index is 6.13. The first-order chi connectivity index (χ1) is 12.4. The van der Waals surface area contributed by atoms with Gasteiger partial charge in [-0.25, -0.2) is 0 Å². The summed E-state index contributed by atoms with van der Waals surface area (Å²) < 4.78 is 12.2. The fourth-order valence-electron chi connectivity index (χ4n) is 2.91. The average Bonchev–Trinajstić information content (AvgIpc) is 2.58. The Morgan fingerprint density at radius 2 is 0.923 bits per heavy atom. The van der Waals surface area contributed by atoms with Crippen LogP contribution in [0.2, 0.25) is 0 Å². The van der Waals surface area contributed by atoms with Crippen molar-refractivity contribution in [3.63, 3.8) is 0 Å². The fourth-order valence-corrected chi connectivity index (χ4v) is 2.91. The van der Waals surface area contributed by atoms with Gasteiger partial charge in [0.25, 0.3) is 0 Å². The third-order valence-corrected chi connectivity index (χ3v) is 4.38. The van der Waals surface area contributed by atoms with E-state index in [9.17, 15) is 0 Å². The van der Waals surface area contributed by atoms with Gasteiger partial charge in [0.05, 0.1) is 11.4 Å². The van der Waals surface area contributed by atoms with E-state index in [0.29, 0.717) is 22.9 Å². The lowest BCUT2D eigenvalue weighted by Crippen LogP contribution is -2.00. The third-order valence-electron chi connectivity index (χ3n) is 4.38. The van der Waals surface area contributed by atoms with E-state index in [4.69, 9.17) is 20.9 Å². The SMILES string of the molecule is Cc1cccc(C)c1Oc1cc(Oc2c(C)cccc2C)c(N)cc1N. The van der Waals surface area contributed by atoms with Gasteiger partial charge in [-0.15, -0.1) is 0 Å². The first-order valence-electron chi connectivity index (χ1n) is 8.54. The number of anilines is 2. The molecule has 0 fully saturated rings. The number of para-hydroxylation sites is 2. The zero-order valence-electron chi connectivity index (χ0n) is 15.6. The van der Waals surface area contributed by atoms with Crippen molar-refractivity contribution in [3.8, 4) is 23.0 Å². The quantitative estimate of drug-likeness (QED) is 0.596. The minimum absolute atomic E-state index is 0.471. The largest absolute Gasteiger partial charge is 0.455 e. The summed E-state index contributed by atoms with van der Waals surface area (Å²) in [6.07, 6.45) is 0. The smallest absolute Gasteiger partial charge is 0.154 e. The number of hydrogen-bond donors (Lipinski definition) is 2. The Balaban J connectivity index is 2.00. The molecule has 4 heteroatoms. The molecule has 0 radical (unpaired) electrons. The van der Waals surface area contributed by atoms with Crippen molar-refractivity contribution in [1.82, 2.24) is 0 Å². The lowest BCUT2D eigenvalue weighted by molar-refractivity contribution is 0.456. The number of benzene rings is 3. The molecule has 134 valence electrons. The van der Waals surface area contributed by atoms with Gasteiger partial charge >= 0.3 is 0 Å². The van der Waals surface area contributed by atoms with Gasteiger partial charge in [0.2, 0.25) is 0 Å². The molecule has 0 spiro atoms. The van der Waals surface area contributed by atoms with E-state index >= 15 is 0 Å². The highest BCUT2D eigenvalue weighted by Crippen LogP contribution is 2.40. The van der Waals surface area contributed by atoms with Crippen molar-refractivity contribution in [2.75, 3.05) is 11.5 Å². The van der Waals surface area contributed by atoms with Crippen molar-refractivity contribution >= 4 is 11.4 Å². The van der Waals surface area contributed by atoms with Gasteiger partial charge < -0.3 is 20.9 Å². The number of ether oxygens (including phenoxy) is 2. The Kier molecular flexibility index (Phi) is 4.76. The number of hydrogen-bond acceptors (Lipinski definition) is 4. The Morgan fingerprint density at radius 3 is 1.27 bits per heavy atom. The van der Waals surface area contributed by atoms with Crippen LogP contribution < -0.4 is 20.9 Å². The summed E-state index contributed by atoms with van der Waals surface area (Å²) in [5, 5.41) is 0. The summed E-state index contributed by atoms with van der Waals surface area (Å²) in [7, 11) is 0. The molecule has 0 aliphatic heterocycles. The normalized spacial score (nSPS) is 10.6. The molecule has 0 saturated heterocycles. The summed E-state index contributed by atoms with van der Waals surface area (Å²) >= 11 is 0. The Labute approximate surface area is 154 Å². The number of nitrogen functional groups attached to an aromatic ring is 2. The molecule has 0 bridgehead atoms. The maximum absolute atomic E-state index is 6.13. The van der Waals surface area contributed by atoms with Gasteiger partial charge in [0.15, 0.2) is 11.5 Å². The van der Waals surface area contributed by atoms with Crippen LogP contribution in [-0.2, 0) is 0 Å². The maximum Gasteiger partial charge on any atom is 0.154 e. The summed E-state index contributed by atoms with van der Waals surface area (Å²) in [5.41, 5.74) is 17.4. The first-order valence-corrected chi connectivity index (χ1v) is 8.54. The van der Waals surface area contributed by atoms with Crippen LogP contribution in [0.3, 0.4) is 0 Å². The van der Waals surface area contributed by atoms with E-state index in [1.807, 2.05) is 64.1 Å². The monoisotopic (exact) mass is 348 g/mol. The number of nitrogens with two attached hydrogens (primary N) is 2. The molecule has 0 unspecified atom stereocenters.